The lowest BCUT2D eigenvalue weighted by Crippen LogP contribution is -2.48. The normalized spacial score (nSPS) is 25.9. The molecule has 3 aromatic carbocycles. The molecule has 0 unspecified atom stereocenters. The zero-order valence-electron chi connectivity index (χ0n) is 17.0. The van der Waals surface area contributed by atoms with Gasteiger partial charge in [-0.1, -0.05) is 60.2 Å². The molecule has 2 aliphatic rings. The van der Waals surface area contributed by atoms with E-state index in [1.165, 1.54) is 12.7 Å². The number of benzene rings is 3. The average molecular weight is 387 g/mol. The smallest absolute Gasteiger partial charge is 0.317 e. The van der Waals surface area contributed by atoms with Crippen molar-refractivity contribution in [2.75, 3.05) is 27.3 Å². The number of nitrogens with zero attached hydrogens (tertiary/aromatic N) is 1. The molecular weight excluding hydrogens is 362 g/mol. The van der Waals surface area contributed by atoms with Crippen LogP contribution in [0.25, 0.3) is 10.8 Å². The van der Waals surface area contributed by atoms with Crippen LogP contribution in [0.4, 0.5) is 0 Å². The fourth-order valence-corrected chi connectivity index (χ4v) is 5.38. The number of fused-ring (bicyclic) bond motifs is 5. The second-order valence-electron chi connectivity index (χ2n) is 8.32. The Hall–Kier alpha value is -2.85. The molecule has 0 aromatic heterocycles. The molecule has 29 heavy (non-hydrogen) atoms. The summed E-state index contributed by atoms with van der Waals surface area (Å²) in [5.74, 6) is 0.665. The Morgan fingerprint density at radius 1 is 1.10 bits per heavy atom. The Kier molecular flexibility index (Phi) is 4.14. The van der Waals surface area contributed by atoms with Crippen LogP contribution in [0.1, 0.15) is 28.7 Å². The van der Waals surface area contributed by atoms with Gasteiger partial charge in [0.05, 0.1) is 13.2 Å². The van der Waals surface area contributed by atoms with Crippen molar-refractivity contribution in [2.24, 2.45) is 5.41 Å². The van der Waals surface area contributed by atoms with Crippen molar-refractivity contribution in [3.63, 3.8) is 0 Å². The summed E-state index contributed by atoms with van der Waals surface area (Å²) in [5.41, 5.74) is 2.68. The Bertz CT molecular complexity index is 1090. The molecule has 5 rings (SSSR count). The molecule has 4 heteroatoms. The number of esters is 1. The number of hydrogen-bond donors (Lipinski definition) is 0. The van der Waals surface area contributed by atoms with E-state index in [9.17, 15) is 4.79 Å². The van der Waals surface area contributed by atoms with Crippen molar-refractivity contribution in [1.82, 2.24) is 4.90 Å². The zero-order chi connectivity index (χ0) is 20.2. The number of aryl methyl sites for hydroxylation is 1. The molecule has 3 aromatic rings. The first kappa shape index (κ1) is 18.2. The Labute approximate surface area is 171 Å². The van der Waals surface area contributed by atoms with Crippen molar-refractivity contribution in [1.29, 1.82) is 0 Å². The molecule has 2 aliphatic heterocycles. The fourth-order valence-electron chi connectivity index (χ4n) is 5.38. The van der Waals surface area contributed by atoms with E-state index in [-0.39, 0.29) is 17.9 Å². The van der Waals surface area contributed by atoms with Gasteiger partial charge in [-0.3, -0.25) is 9.69 Å². The third-order valence-electron chi connectivity index (χ3n) is 6.74. The van der Waals surface area contributed by atoms with Crippen LogP contribution in [0.2, 0.25) is 0 Å². The van der Waals surface area contributed by atoms with Crippen LogP contribution in [0.3, 0.4) is 0 Å². The number of methoxy groups -OCH3 is 1. The first-order valence-corrected chi connectivity index (χ1v) is 10.1. The number of ether oxygens (including phenoxy) is 2. The Morgan fingerprint density at radius 3 is 2.62 bits per heavy atom. The first-order valence-electron chi connectivity index (χ1n) is 10.1. The molecule has 0 N–H and O–H groups in total. The van der Waals surface area contributed by atoms with Gasteiger partial charge in [0, 0.05) is 18.0 Å². The maximum atomic E-state index is 13.4. The topological polar surface area (TPSA) is 38.8 Å². The van der Waals surface area contributed by atoms with E-state index in [1.54, 1.807) is 0 Å². The summed E-state index contributed by atoms with van der Waals surface area (Å²) in [6, 6.07) is 20.8. The van der Waals surface area contributed by atoms with E-state index in [4.69, 9.17) is 9.47 Å². The van der Waals surface area contributed by atoms with Gasteiger partial charge in [-0.2, -0.15) is 0 Å². The van der Waals surface area contributed by atoms with Crippen LogP contribution < -0.4 is 4.74 Å². The summed E-state index contributed by atoms with van der Waals surface area (Å²) in [6.07, 6.45) is 0. The van der Waals surface area contributed by atoms with Crippen LogP contribution >= 0.6 is 0 Å². The van der Waals surface area contributed by atoms with E-state index in [0.29, 0.717) is 6.61 Å². The van der Waals surface area contributed by atoms with Gasteiger partial charge >= 0.3 is 5.97 Å². The number of likely N-dealkylation sites (tertiary alicyclic amines) is 1. The van der Waals surface area contributed by atoms with Crippen molar-refractivity contribution < 1.29 is 14.3 Å². The standard InChI is InChI=1S/C25H25NO3/c1-16-8-10-18(11-9-16)20-14-26(2)23-22-19-7-5-4-6-17(19)12-13-21(22)29-15-25(20,23)24(27)28-3/h4-13,20,23H,14-15H2,1-3H3/t20-,23+,25-/m1/s1. The summed E-state index contributed by atoms with van der Waals surface area (Å²) >= 11 is 0. The Morgan fingerprint density at radius 2 is 1.86 bits per heavy atom. The lowest BCUT2D eigenvalue weighted by atomic mass is 9.67. The molecule has 148 valence electrons. The molecule has 0 bridgehead atoms. The molecule has 0 spiro atoms. The van der Waals surface area contributed by atoms with Crippen molar-refractivity contribution in [3.8, 4) is 5.75 Å². The number of carbonyl (C=O) groups excluding carboxylic acids is 1. The highest BCUT2D eigenvalue weighted by molar-refractivity contribution is 5.91. The third-order valence-corrected chi connectivity index (χ3v) is 6.74. The minimum atomic E-state index is -0.782. The molecule has 1 fully saturated rings. The van der Waals surface area contributed by atoms with Gasteiger partial charge in [-0.05, 0) is 36.4 Å². The maximum Gasteiger partial charge on any atom is 0.317 e. The Balaban J connectivity index is 1.75. The quantitative estimate of drug-likeness (QED) is 0.608. The number of rotatable bonds is 2. The minimum absolute atomic E-state index is 0.00216. The third kappa shape index (κ3) is 2.52. The lowest BCUT2D eigenvalue weighted by Gasteiger charge is -2.42. The van der Waals surface area contributed by atoms with Crippen LogP contribution in [0.5, 0.6) is 5.75 Å². The summed E-state index contributed by atoms with van der Waals surface area (Å²) in [4.78, 5) is 15.7. The summed E-state index contributed by atoms with van der Waals surface area (Å²) in [6.45, 7) is 3.17. The molecule has 0 saturated carbocycles. The van der Waals surface area contributed by atoms with Gasteiger partial charge in [0.2, 0.25) is 0 Å². The summed E-state index contributed by atoms with van der Waals surface area (Å²) in [5, 5.41) is 2.29. The predicted molar refractivity (Wildman–Crippen MR) is 113 cm³/mol. The summed E-state index contributed by atoms with van der Waals surface area (Å²) < 4.78 is 11.7. The van der Waals surface area contributed by atoms with Gasteiger partial charge in [0.1, 0.15) is 17.8 Å². The van der Waals surface area contributed by atoms with Crippen LogP contribution in [0.15, 0.2) is 60.7 Å². The number of carbonyl (C=O) groups is 1. The van der Waals surface area contributed by atoms with Gasteiger partial charge in [0.25, 0.3) is 0 Å². The molecule has 3 atom stereocenters. The van der Waals surface area contributed by atoms with E-state index in [1.807, 2.05) is 18.2 Å². The van der Waals surface area contributed by atoms with Crippen LogP contribution in [-0.4, -0.2) is 38.2 Å². The van der Waals surface area contributed by atoms with Crippen molar-refractivity contribution in [3.05, 3.63) is 77.4 Å². The van der Waals surface area contributed by atoms with Gasteiger partial charge in [-0.25, -0.2) is 0 Å². The highest BCUT2D eigenvalue weighted by Gasteiger charge is 2.63. The average Bonchev–Trinajstić information content (AvgIpc) is 3.07. The van der Waals surface area contributed by atoms with Crippen LogP contribution in [0, 0.1) is 12.3 Å². The monoisotopic (exact) mass is 387 g/mol. The SMILES string of the molecule is COC(=O)[C@@]12COc3ccc4ccccc4c3[C@@H]1N(C)C[C@@H]2c1ccc(C)cc1. The van der Waals surface area contributed by atoms with E-state index < -0.39 is 5.41 Å². The summed E-state index contributed by atoms with van der Waals surface area (Å²) in [7, 11) is 3.59. The molecule has 1 saturated heterocycles. The predicted octanol–water partition coefficient (Wildman–Crippen LogP) is 4.47. The highest BCUT2D eigenvalue weighted by atomic mass is 16.5. The number of hydrogen-bond acceptors (Lipinski definition) is 4. The van der Waals surface area contributed by atoms with Gasteiger partial charge < -0.3 is 9.47 Å². The zero-order valence-corrected chi connectivity index (χ0v) is 17.0. The molecular formula is C25H25NO3. The fraction of sp³-hybridized carbons (Fsp3) is 0.320. The lowest BCUT2D eigenvalue weighted by molar-refractivity contribution is -0.159. The van der Waals surface area contributed by atoms with E-state index >= 15 is 0 Å². The largest absolute Gasteiger partial charge is 0.492 e. The van der Waals surface area contributed by atoms with E-state index in [2.05, 4.69) is 61.3 Å². The van der Waals surface area contributed by atoms with Gasteiger partial charge in [0.15, 0.2) is 0 Å². The van der Waals surface area contributed by atoms with Crippen molar-refractivity contribution in [2.45, 2.75) is 18.9 Å². The second-order valence-corrected chi connectivity index (χ2v) is 8.32. The maximum absolute atomic E-state index is 13.4. The second kappa shape index (κ2) is 6.60. The van der Waals surface area contributed by atoms with Crippen LogP contribution in [-0.2, 0) is 9.53 Å². The van der Waals surface area contributed by atoms with Gasteiger partial charge in [-0.15, -0.1) is 0 Å². The molecule has 0 aliphatic carbocycles. The minimum Gasteiger partial charge on any atom is -0.492 e. The number of likely N-dealkylation sites (N-methyl/N-ethyl adjacent to an activating group) is 1. The van der Waals surface area contributed by atoms with Crippen molar-refractivity contribution >= 4 is 16.7 Å². The molecule has 4 nitrogen and oxygen atoms in total. The van der Waals surface area contributed by atoms with E-state index in [0.717, 1.165) is 34.2 Å². The first-order chi connectivity index (χ1) is 14.1. The molecule has 0 radical (unpaired) electrons. The highest BCUT2D eigenvalue weighted by Crippen LogP contribution is 2.60. The molecule has 2 heterocycles. The molecule has 0 amide bonds.